The number of halogens is 2. The summed E-state index contributed by atoms with van der Waals surface area (Å²) in [5, 5.41) is 0. The second-order valence-electron chi connectivity index (χ2n) is 14.4. The van der Waals surface area contributed by atoms with Gasteiger partial charge in [-0.25, -0.2) is 0 Å². The van der Waals surface area contributed by atoms with Crippen LogP contribution in [-0.4, -0.2) is 12.1 Å². The van der Waals surface area contributed by atoms with E-state index >= 15 is 0 Å². The average Bonchev–Trinajstić information content (AvgIpc) is 3.27. The first-order chi connectivity index (χ1) is 16.5. The van der Waals surface area contributed by atoms with Gasteiger partial charge >= 0.3 is 229 Å². The second-order valence-corrected chi connectivity index (χ2v) is 59.4. The van der Waals surface area contributed by atoms with Crippen LogP contribution in [-0.2, 0) is 15.7 Å². The van der Waals surface area contributed by atoms with Crippen molar-refractivity contribution in [3.63, 3.8) is 0 Å². The molecule has 0 spiro atoms. The molecule has 0 N–H and O–H groups in total. The van der Waals surface area contributed by atoms with Crippen LogP contribution in [0.25, 0.3) is 12.2 Å². The Bertz CT molecular complexity index is 1250. The molecule has 0 fully saturated rings. The number of rotatable bonds is 6. The largest absolute Gasteiger partial charge is 0.147 e. The molecule has 4 heteroatoms. The molecule has 2 aromatic carbocycles. The van der Waals surface area contributed by atoms with Gasteiger partial charge in [-0.05, 0) is 0 Å². The van der Waals surface area contributed by atoms with Gasteiger partial charge in [0, 0.05) is 0 Å². The fourth-order valence-electron chi connectivity index (χ4n) is 7.68. The van der Waals surface area contributed by atoms with Gasteiger partial charge in [0.15, 0.2) is 0 Å². The summed E-state index contributed by atoms with van der Waals surface area (Å²) in [6, 6.07) is 10.3. The van der Waals surface area contributed by atoms with Crippen LogP contribution in [0.2, 0.25) is 9.26 Å². The van der Waals surface area contributed by atoms with Crippen LogP contribution in [0.15, 0.2) is 35.4 Å². The summed E-state index contributed by atoms with van der Waals surface area (Å²) in [6.45, 7) is 23.9. The minimum atomic E-state index is -3.38. The Kier molecular flexibility index (Phi) is 10.5. The van der Waals surface area contributed by atoms with Crippen LogP contribution >= 0.6 is 24.8 Å². The Hall–Kier alpha value is -0.0740. The molecule has 0 aromatic heterocycles. The van der Waals surface area contributed by atoms with Gasteiger partial charge in [0.2, 0.25) is 0 Å². The Balaban J connectivity index is 0.00000253. The number of fused-ring (bicyclic) bond motifs is 2. The molecule has 2 atom stereocenters. The van der Waals surface area contributed by atoms with Crippen molar-refractivity contribution in [2.45, 2.75) is 109 Å². The van der Waals surface area contributed by atoms with Crippen molar-refractivity contribution in [1.29, 1.82) is 0 Å². The quantitative estimate of drug-likeness (QED) is 0.264. The van der Waals surface area contributed by atoms with Gasteiger partial charge in [-0.15, -0.1) is 24.8 Å². The van der Waals surface area contributed by atoms with Crippen molar-refractivity contribution in [3.8, 4) is 0 Å². The van der Waals surface area contributed by atoms with E-state index in [2.05, 4.69) is 115 Å². The monoisotopic (exact) mass is 694 g/mol. The number of allylic oxidation sites excluding steroid dienone is 2. The van der Waals surface area contributed by atoms with E-state index < -0.39 is 15.7 Å². The maximum Gasteiger partial charge on any atom is -0.147 e. The predicted molar refractivity (Wildman–Crippen MR) is 177 cm³/mol. The zero-order valence-electron chi connectivity index (χ0n) is 26.0. The third-order valence-electron chi connectivity index (χ3n) is 9.28. The van der Waals surface area contributed by atoms with Crippen LogP contribution in [0.4, 0.5) is 0 Å². The fourth-order valence-corrected chi connectivity index (χ4v) is 35.9. The van der Waals surface area contributed by atoms with Crippen LogP contribution in [0.3, 0.4) is 0 Å². The summed E-state index contributed by atoms with van der Waals surface area (Å²) in [5.74, 6) is 2.23. The van der Waals surface area contributed by atoms with Gasteiger partial charge in [-0.1, -0.05) is 0 Å². The first-order valence-electron chi connectivity index (χ1n) is 14.3. The molecule has 0 heterocycles. The number of benzene rings is 2. The maximum atomic E-state index is 2.82. The smallest absolute Gasteiger partial charge is 0.147 e. The first kappa shape index (κ1) is 34.1. The fraction of sp³-hybridized carbons (Fsp3) is 0.529. The van der Waals surface area contributed by atoms with Crippen LogP contribution in [0.5, 0.6) is 0 Å². The molecule has 2 unspecified atom stereocenters. The van der Waals surface area contributed by atoms with E-state index in [0.29, 0.717) is 30.9 Å². The van der Waals surface area contributed by atoms with E-state index in [1.165, 1.54) is 23.3 Å². The normalized spacial score (nSPS) is 18.9. The molecule has 0 radical (unpaired) electrons. The first-order valence-corrected chi connectivity index (χ1v) is 32.6. The van der Waals surface area contributed by atoms with Crippen LogP contribution in [0.1, 0.15) is 145 Å². The van der Waals surface area contributed by atoms with Crippen molar-refractivity contribution in [1.82, 2.24) is 0 Å². The molecular formula is C34H52Cl2GeZr. The number of hydrogen-bond donors (Lipinski definition) is 0. The molecule has 38 heavy (non-hydrogen) atoms. The zero-order chi connectivity index (χ0) is 26.9. The topological polar surface area (TPSA) is 0 Å². The van der Waals surface area contributed by atoms with Crippen molar-refractivity contribution >= 4 is 49.1 Å². The molecule has 2 aromatic rings. The van der Waals surface area contributed by atoms with Crippen molar-refractivity contribution in [2.24, 2.45) is 0 Å². The van der Waals surface area contributed by atoms with E-state index in [1.54, 1.807) is 44.5 Å². The molecule has 0 bridgehead atoms. The molecule has 4 rings (SSSR count). The van der Waals surface area contributed by atoms with Crippen molar-refractivity contribution in [2.75, 3.05) is 0 Å². The summed E-state index contributed by atoms with van der Waals surface area (Å²) in [5.41, 5.74) is 15.9. The minimum Gasteiger partial charge on any atom is -0.147 e. The summed E-state index contributed by atoms with van der Waals surface area (Å²) in [6.07, 6.45) is 5.18. The van der Waals surface area contributed by atoms with Gasteiger partial charge in [0.25, 0.3) is 0 Å². The summed E-state index contributed by atoms with van der Waals surface area (Å²) < 4.78 is 6.93. The summed E-state index contributed by atoms with van der Waals surface area (Å²) in [7, 11) is 0. The summed E-state index contributed by atoms with van der Waals surface area (Å²) >= 11 is -1.93. The second kappa shape index (κ2) is 11.7. The average molecular weight is 696 g/mol. The van der Waals surface area contributed by atoms with Gasteiger partial charge in [0.05, 0.1) is 0 Å². The molecule has 0 aliphatic heterocycles. The van der Waals surface area contributed by atoms with Gasteiger partial charge in [-0.2, -0.15) is 0 Å². The van der Waals surface area contributed by atoms with Crippen molar-refractivity contribution < 1.29 is 15.7 Å². The van der Waals surface area contributed by atoms with Gasteiger partial charge < -0.3 is 0 Å². The van der Waals surface area contributed by atoms with Crippen molar-refractivity contribution in [3.05, 3.63) is 79.9 Å². The maximum absolute atomic E-state index is 3.38. The Morgan fingerprint density at radius 2 is 0.895 bits per heavy atom. The predicted octanol–water partition coefficient (Wildman–Crippen LogP) is 11.0. The van der Waals surface area contributed by atoms with E-state index in [0.717, 1.165) is 0 Å². The molecule has 0 amide bonds. The molecule has 210 valence electrons. The summed E-state index contributed by atoms with van der Waals surface area (Å²) in [4.78, 5) is 0. The van der Waals surface area contributed by atoms with Gasteiger partial charge in [-0.3, -0.25) is 0 Å². The zero-order valence-corrected chi connectivity index (χ0v) is 33.0. The van der Waals surface area contributed by atoms with E-state index in [4.69, 9.17) is 0 Å². The Morgan fingerprint density at radius 3 is 1.16 bits per heavy atom. The van der Waals surface area contributed by atoms with Gasteiger partial charge in [0.1, 0.15) is 0 Å². The molecule has 0 saturated heterocycles. The number of hydrogen-bond acceptors (Lipinski definition) is 0. The molecule has 0 saturated carbocycles. The van der Waals surface area contributed by atoms with Crippen LogP contribution in [0, 0.1) is 0 Å². The van der Waals surface area contributed by atoms with E-state index in [-0.39, 0.29) is 24.8 Å². The molecular weight excluding hydrogens is 643 g/mol. The van der Waals surface area contributed by atoms with E-state index in [1.807, 2.05) is 0 Å². The minimum absolute atomic E-state index is 0. The van der Waals surface area contributed by atoms with E-state index in [9.17, 15) is 0 Å². The standard InChI is InChI=1S/2C16H21.2CH3.2ClH.GeH2.Zr/c2*1-10(2)13-8-14-6-12(5)7-16(14)15(9-13)11(3)4;;;;;;/h2*6-11H,1-5H3;2*1H3;2*1H;1H2;. The SMILES string of the molecule is CC1=Cc2c(C(C)C)cc(C(C)C)cc2[CH]1[Zr]([CH3])([CH3])(=[GeH2])[CH]1C(C)=Cc2c(C(C)C)cc(C(C)C)cc21.Cl.Cl. The molecule has 2 aliphatic rings. The Labute approximate surface area is 252 Å². The third-order valence-corrected chi connectivity index (χ3v) is 32.5. The molecule has 0 nitrogen and oxygen atoms in total. The Morgan fingerprint density at radius 1 is 0.579 bits per heavy atom. The molecule has 2 aliphatic carbocycles. The third kappa shape index (κ3) is 5.67. The van der Waals surface area contributed by atoms with Crippen LogP contribution < -0.4 is 0 Å².